The molecule has 0 saturated carbocycles. The average molecular weight is 585 g/mol. The number of aromatic nitrogens is 1. The smallest absolute Gasteiger partial charge is 0.269 e. The lowest BCUT2D eigenvalue weighted by Crippen LogP contribution is -2.30. The van der Waals surface area contributed by atoms with Gasteiger partial charge in [-0.15, -0.1) is 0 Å². The van der Waals surface area contributed by atoms with E-state index in [0.717, 1.165) is 11.1 Å². The summed E-state index contributed by atoms with van der Waals surface area (Å²) in [4.78, 5) is 16.0. The third kappa shape index (κ3) is 6.15. The molecule has 39 heavy (non-hydrogen) atoms. The highest BCUT2D eigenvalue weighted by Crippen LogP contribution is 2.34. The minimum Gasteiger partial charge on any atom is -0.351 e. The lowest BCUT2D eigenvalue weighted by molar-refractivity contribution is 0.0946. The van der Waals surface area contributed by atoms with E-state index in [-0.39, 0.29) is 39.9 Å². The highest BCUT2D eigenvalue weighted by Gasteiger charge is 2.30. The zero-order chi connectivity index (χ0) is 28.4. The van der Waals surface area contributed by atoms with Gasteiger partial charge in [-0.25, -0.2) is 21.6 Å². The van der Waals surface area contributed by atoms with E-state index in [9.17, 15) is 21.6 Å². The molecule has 4 rings (SSSR count). The third-order valence-electron chi connectivity index (χ3n) is 5.94. The monoisotopic (exact) mass is 584 g/mol. The topological polar surface area (TPSA) is 149 Å². The first kappa shape index (κ1) is 28.3. The molecule has 202 valence electrons. The lowest BCUT2D eigenvalue weighted by Gasteiger charge is -2.10. The quantitative estimate of drug-likeness (QED) is 0.250. The van der Waals surface area contributed by atoms with Crippen molar-refractivity contribution in [3.8, 4) is 6.07 Å². The van der Waals surface area contributed by atoms with Crippen LogP contribution in [0.3, 0.4) is 0 Å². The molecule has 0 radical (unpaired) electrons. The molecular formula is C27H25ClN4O5S2. The van der Waals surface area contributed by atoms with Gasteiger partial charge in [-0.3, -0.25) is 4.79 Å². The maximum Gasteiger partial charge on any atom is 0.269 e. The second kappa shape index (κ2) is 11.2. The van der Waals surface area contributed by atoms with Crippen LogP contribution in [0.5, 0.6) is 0 Å². The highest BCUT2D eigenvalue weighted by atomic mass is 35.5. The van der Waals surface area contributed by atoms with Gasteiger partial charge in [0.05, 0.1) is 21.4 Å². The summed E-state index contributed by atoms with van der Waals surface area (Å²) in [6, 6.07) is 17.1. The number of sulfonamides is 1. The van der Waals surface area contributed by atoms with Crippen molar-refractivity contribution in [1.29, 1.82) is 5.26 Å². The number of nitrogens with zero attached hydrogens (tertiary/aromatic N) is 1. The van der Waals surface area contributed by atoms with Gasteiger partial charge in [0, 0.05) is 29.0 Å². The van der Waals surface area contributed by atoms with Gasteiger partial charge in [-0.1, -0.05) is 17.7 Å². The van der Waals surface area contributed by atoms with Crippen LogP contribution in [0.4, 0.5) is 0 Å². The van der Waals surface area contributed by atoms with Gasteiger partial charge < -0.3 is 10.3 Å². The number of amides is 1. The van der Waals surface area contributed by atoms with Gasteiger partial charge in [0.1, 0.15) is 10.6 Å². The molecule has 1 amide bonds. The first-order chi connectivity index (χ1) is 18.4. The van der Waals surface area contributed by atoms with Crippen LogP contribution in [0.1, 0.15) is 33.6 Å². The number of hydrogen-bond acceptors (Lipinski definition) is 6. The van der Waals surface area contributed by atoms with Crippen LogP contribution >= 0.6 is 11.6 Å². The maximum atomic E-state index is 13.8. The van der Waals surface area contributed by atoms with Crippen molar-refractivity contribution in [3.05, 3.63) is 88.1 Å². The second-order valence-corrected chi connectivity index (χ2v) is 13.1. The lowest BCUT2D eigenvalue weighted by atomic mass is 10.2. The molecule has 12 heteroatoms. The van der Waals surface area contributed by atoms with Crippen molar-refractivity contribution >= 4 is 48.3 Å². The number of aryl methyl sites for hydroxylation is 2. The summed E-state index contributed by atoms with van der Waals surface area (Å²) in [6.45, 7) is 3.69. The van der Waals surface area contributed by atoms with Crippen molar-refractivity contribution in [3.63, 3.8) is 0 Å². The van der Waals surface area contributed by atoms with Crippen molar-refractivity contribution in [2.75, 3.05) is 13.1 Å². The summed E-state index contributed by atoms with van der Waals surface area (Å²) in [5, 5.41) is 12.1. The van der Waals surface area contributed by atoms with Crippen molar-refractivity contribution in [2.45, 2.75) is 35.0 Å². The predicted octanol–water partition coefficient (Wildman–Crippen LogP) is 4.24. The first-order valence-electron chi connectivity index (χ1n) is 11.8. The Balaban J connectivity index is 1.52. The number of aromatic amines is 1. The zero-order valence-electron chi connectivity index (χ0n) is 21.1. The average Bonchev–Trinajstić information content (AvgIpc) is 3.27. The molecule has 0 saturated heterocycles. The van der Waals surface area contributed by atoms with Crippen LogP contribution in [-0.2, 0) is 19.9 Å². The van der Waals surface area contributed by atoms with Gasteiger partial charge in [-0.2, -0.15) is 5.26 Å². The Morgan fingerprint density at radius 3 is 2.23 bits per heavy atom. The molecule has 0 aliphatic rings. The van der Waals surface area contributed by atoms with Crippen molar-refractivity contribution in [2.24, 2.45) is 0 Å². The standard InChI is InChI=1S/C27H25ClN4O5S2/c1-17-12-18(2)14-22(13-17)38(34,35)26-23-15-20(28)6-9-24(23)32-25(26)27(33)30-10-3-11-31-39(36,37)21-7-4-19(16-29)5-8-21/h4-9,12-15,31-32H,3,10-11H2,1-2H3,(H,30,33). The van der Waals surface area contributed by atoms with Crippen molar-refractivity contribution < 1.29 is 21.6 Å². The number of rotatable bonds is 9. The normalized spacial score (nSPS) is 11.8. The van der Waals surface area contributed by atoms with E-state index in [1.54, 1.807) is 38.1 Å². The molecule has 0 fully saturated rings. The summed E-state index contributed by atoms with van der Waals surface area (Å²) in [5.74, 6) is -0.653. The minimum atomic E-state index is -4.11. The van der Waals surface area contributed by atoms with E-state index in [2.05, 4.69) is 15.0 Å². The molecule has 3 aromatic carbocycles. The largest absolute Gasteiger partial charge is 0.351 e. The van der Waals surface area contributed by atoms with Gasteiger partial charge in [-0.05, 0) is 86.0 Å². The Labute approximate surface area is 231 Å². The predicted molar refractivity (Wildman–Crippen MR) is 148 cm³/mol. The van der Waals surface area contributed by atoms with E-state index >= 15 is 0 Å². The van der Waals surface area contributed by atoms with Crippen LogP contribution in [-0.4, -0.2) is 40.8 Å². The molecule has 0 bridgehead atoms. The Morgan fingerprint density at radius 2 is 1.59 bits per heavy atom. The highest BCUT2D eigenvalue weighted by molar-refractivity contribution is 7.91. The summed E-state index contributed by atoms with van der Waals surface area (Å²) >= 11 is 6.16. The molecule has 0 spiro atoms. The SMILES string of the molecule is Cc1cc(C)cc(S(=O)(=O)c2c(C(=O)NCCCNS(=O)(=O)c3ccc(C#N)cc3)[nH]c3ccc(Cl)cc23)c1. The number of carbonyl (C=O) groups is 1. The van der Waals surface area contributed by atoms with Crippen LogP contribution < -0.4 is 10.0 Å². The third-order valence-corrected chi connectivity index (χ3v) is 9.47. The summed E-state index contributed by atoms with van der Waals surface area (Å²) in [6.07, 6.45) is 0.243. The fourth-order valence-electron chi connectivity index (χ4n) is 4.16. The number of halogens is 1. The van der Waals surface area contributed by atoms with E-state index < -0.39 is 25.8 Å². The number of nitriles is 1. The molecule has 1 heterocycles. The Kier molecular flexibility index (Phi) is 8.13. The van der Waals surface area contributed by atoms with Crippen LogP contribution in [0.15, 0.2) is 75.4 Å². The first-order valence-corrected chi connectivity index (χ1v) is 15.2. The number of fused-ring (bicyclic) bond motifs is 1. The van der Waals surface area contributed by atoms with Gasteiger partial charge in [0.25, 0.3) is 5.91 Å². The second-order valence-electron chi connectivity index (χ2n) is 8.99. The van der Waals surface area contributed by atoms with Crippen LogP contribution in [0.2, 0.25) is 5.02 Å². The summed E-state index contributed by atoms with van der Waals surface area (Å²) in [5.41, 5.74) is 2.17. The molecule has 1 aromatic heterocycles. The Hall–Kier alpha value is -3.69. The van der Waals surface area contributed by atoms with E-state index in [1.165, 1.54) is 30.3 Å². The number of sulfone groups is 1. The van der Waals surface area contributed by atoms with Gasteiger partial charge in [0.2, 0.25) is 19.9 Å². The molecule has 0 aliphatic carbocycles. The van der Waals surface area contributed by atoms with Gasteiger partial charge in [0.15, 0.2) is 0 Å². The summed E-state index contributed by atoms with van der Waals surface area (Å²) < 4.78 is 54.9. The number of H-pyrrole nitrogens is 1. The fraction of sp³-hybridized carbons (Fsp3) is 0.185. The molecule has 4 aromatic rings. The Morgan fingerprint density at radius 1 is 0.923 bits per heavy atom. The number of hydrogen-bond donors (Lipinski definition) is 3. The van der Waals surface area contributed by atoms with E-state index in [1.807, 2.05) is 12.1 Å². The zero-order valence-corrected chi connectivity index (χ0v) is 23.5. The molecule has 0 atom stereocenters. The summed E-state index contributed by atoms with van der Waals surface area (Å²) in [7, 11) is -7.91. The van der Waals surface area contributed by atoms with E-state index in [0.29, 0.717) is 21.5 Å². The Bertz CT molecular complexity index is 1800. The molecule has 0 aliphatic heterocycles. The van der Waals surface area contributed by atoms with Crippen LogP contribution in [0, 0.1) is 25.2 Å². The number of nitrogens with one attached hydrogen (secondary N) is 3. The van der Waals surface area contributed by atoms with Crippen LogP contribution in [0.25, 0.3) is 10.9 Å². The molecule has 0 unspecified atom stereocenters. The maximum absolute atomic E-state index is 13.8. The number of benzene rings is 3. The molecular weight excluding hydrogens is 560 g/mol. The van der Waals surface area contributed by atoms with Gasteiger partial charge >= 0.3 is 0 Å². The fourth-order valence-corrected chi connectivity index (χ4v) is 7.20. The minimum absolute atomic E-state index is 0.0171. The van der Waals surface area contributed by atoms with Crippen molar-refractivity contribution in [1.82, 2.24) is 15.0 Å². The number of carbonyl (C=O) groups excluding carboxylic acids is 1. The van der Waals surface area contributed by atoms with E-state index in [4.69, 9.17) is 16.9 Å². The molecule has 3 N–H and O–H groups in total. The molecule has 9 nitrogen and oxygen atoms in total.